The molecule has 0 bridgehead atoms. The molecule has 118 valence electrons. The number of benzene rings is 4. The van der Waals surface area contributed by atoms with Crippen LogP contribution in [-0.4, -0.2) is 5.84 Å². The van der Waals surface area contributed by atoms with E-state index in [-0.39, 0.29) is 0 Å². The minimum Gasteiger partial charge on any atom is -0.339 e. The van der Waals surface area contributed by atoms with Crippen molar-refractivity contribution in [2.45, 2.75) is 0 Å². The Hall–Kier alpha value is -3.39. The smallest absolute Gasteiger partial charge is 0.138 e. The number of nitrogens with one attached hydrogen (secondary N) is 1. The molecule has 0 unspecified atom stereocenters. The minimum absolute atomic E-state index is 0.894. The number of nitrogens with zero attached hydrogens (tertiary/aromatic N) is 1. The van der Waals surface area contributed by atoms with E-state index in [1.807, 2.05) is 6.07 Å². The third-order valence-electron chi connectivity index (χ3n) is 4.63. The Morgan fingerprint density at radius 2 is 1.24 bits per heavy atom. The molecule has 0 saturated heterocycles. The van der Waals surface area contributed by atoms with Crippen molar-refractivity contribution in [3.63, 3.8) is 0 Å². The van der Waals surface area contributed by atoms with Crippen LogP contribution in [0.15, 0.2) is 96.0 Å². The Morgan fingerprint density at radius 1 is 0.560 bits per heavy atom. The van der Waals surface area contributed by atoms with Crippen LogP contribution in [0, 0.1) is 0 Å². The summed E-state index contributed by atoms with van der Waals surface area (Å²) >= 11 is 0. The third kappa shape index (κ3) is 2.39. The standard InChI is InChI=1S/C23H16N2/c1-2-6-16(7-3-1)17-12-14-19(15-13-17)23-24-20-10-4-8-18-9-5-11-21(25-23)22(18)20/h1-15H,(H,24,25). The maximum absolute atomic E-state index is 4.84. The number of hydrogen-bond acceptors (Lipinski definition) is 2. The van der Waals surface area contributed by atoms with Gasteiger partial charge in [-0.1, -0.05) is 78.9 Å². The van der Waals surface area contributed by atoms with E-state index in [2.05, 4.69) is 90.2 Å². The molecule has 0 saturated carbocycles. The molecule has 0 fully saturated rings. The lowest BCUT2D eigenvalue weighted by atomic mass is 10.0. The highest BCUT2D eigenvalue weighted by Gasteiger charge is 2.15. The highest BCUT2D eigenvalue weighted by Crippen LogP contribution is 2.36. The summed E-state index contributed by atoms with van der Waals surface area (Å²) in [6, 6.07) is 31.5. The summed E-state index contributed by atoms with van der Waals surface area (Å²) in [6.45, 7) is 0. The van der Waals surface area contributed by atoms with Crippen LogP contribution in [0.5, 0.6) is 0 Å². The number of anilines is 1. The molecule has 0 aliphatic carbocycles. The van der Waals surface area contributed by atoms with Crippen molar-refractivity contribution in [3.8, 4) is 11.1 Å². The van der Waals surface area contributed by atoms with Gasteiger partial charge in [0.1, 0.15) is 5.84 Å². The number of amidine groups is 1. The Labute approximate surface area is 146 Å². The monoisotopic (exact) mass is 320 g/mol. The van der Waals surface area contributed by atoms with Crippen LogP contribution in [0.4, 0.5) is 11.4 Å². The van der Waals surface area contributed by atoms with Crippen LogP contribution < -0.4 is 5.32 Å². The normalized spacial score (nSPS) is 12.6. The number of rotatable bonds is 2. The predicted molar refractivity (Wildman–Crippen MR) is 106 cm³/mol. The summed E-state index contributed by atoms with van der Waals surface area (Å²) in [5.74, 6) is 0.894. The van der Waals surface area contributed by atoms with E-state index in [0.29, 0.717) is 0 Å². The maximum atomic E-state index is 4.84. The SMILES string of the molecule is c1ccc(-c2ccc(C3=Nc4cccc5cccc(c45)N3)cc2)cc1. The average molecular weight is 320 g/mol. The van der Waals surface area contributed by atoms with Crippen LogP contribution in [0.1, 0.15) is 5.56 Å². The molecule has 0 amide bonds. The number of hydrogen-bond donors (Lipinski definition) is 1. The Bertz CT molecular complexity index is 1090. The zero-order chi connectivity index (χ0) is 16.6. The van der Waals surface area contributed by atoms with E-state index in [9.17, 15) is 0 Å². The zero-order valence-corrected chi connectivity index (χ0v) is 13.6. The van der Waals surface area contributed by atoms with Gasteiger partial charge in [-0.15, -0.1) is 0 Å². The average Bonchev–Trinajstić information content (AvgIpc) is 2.69. The molecule has 1 aliphatic heterocycles. The van der Waals surface area contributed by atoms with Gasteiger partial charge in [-0.05, 0) is 28.6 Å². The summed E-state index contributed by atoms with van der Waals surface area (Å²) in [4.78, 5) is 4.84. The van der Waals surface area contributed by atoms with Crippen molar-refractivity contribution in [1.82, 2.24) is 0 Å². The van der Waals surface area contributed by atoms with Gasteiger partial charge in [0, 0.05) is 16.6 Å². The molecule has 5 rings (SSSR count). The first kappa shape index (κ1) is 14.0. The lowest BCUT2D eigenvalue weighted by Gasteiger charge is -2.19. The molecule has 0 radical (unpaired) electrons. The van der Waals surface area contributed by atoms with Crippen molar-refractivity contribution in [1.29, 1.82) is 0 Å². The van der Waals surface area contributed by atoms with Gasteiger partial charge in [0.15, 0.2) is 0 Å². The van der Waals surface area contributed by atoms with Gasteiger partial charge in [0.2, 0.25) is 0 Å². The number of aliphatic imine (C=N–C) groups is 1. The predicted octanol–water partition coefficient (Wildman–Crippen LogP) is 6.01. The van der Waals surface area contributed by atoms with Gasteiger partial charge in [0.05, 0.1) is 5.69 Å². The van der Waals surface area contributed by atoms with Gasteiger partial charge >= 0.3 is 0 Å². The van der Waals surface area contributed by atoms with Gasteiger partial charge < -0.3 is 5.32 Å². The fourth-order valence-corrected chi connectivity index (χ4v) is 3.38. The molecule has 25 heavy (non-hydrogen) atoms. The minimum atomic E-state index is 0.894. The van der Waals surface area contributed by atoms with E-state index in [0.717, 1.165) is 22.8 Å². The summed E-state index contributed by atoms with van der Waals surface area (Å²) in [5.41, 5.74) is 5.66. The van der Waals surface area contributed by atoms with E-state index >= 15 is 0 Å². The van der Waals surface area contributed by atoms with Gasteiger partial charge in [-0.25, -0.2) is 4.99 Å². The first-order valence-electron chi connectivity index (χ1n) is 8.42. The van der Waals surface area contributed by atoms with E-state index in [1.165, 1.54) is 21.9 Å². The summed E-state index contributed by atoms with van der Waals surface area (Å²) in [5, 5.41) is 5.89. The third-order valence-corrected chi connectivity index (χ3v) is 4.63. The lowest BCUT2D eigenvalue weighted by Crippen LogP contribution is -2.16. The molecular formula is C23H16N2. The summed E-state index contributed by atoms with van der Waals surface area (Å²) in [7, 11) is 0. The van der Waals surface area contributed by atoms with Gasteiger partial charge in [-0.3, -0.25) is 0 Å². The molecule has 2 heteroatoms. The Morgan fingerprint density at radius 3 is 2.04 bits per heavy atom. The van der Waals surface area contributed by atoms with Gasteiger partial charge in [-0.2, -0.15) is 0 Å². The van der Waals surface area contributed by atoms with Crippen molar-refractivity contribution in [2.24, 2.45) is 4.99 Å². The largest absolute Gasteiger partial charge is 0.339 e. The summed E-state index contributed by atoms with van der Waals surface area (Å²) < 4.78 is 0. The van der Waals surface area contributed by atoms with Crippen LogP contribution in [-0.2, 0) is 0 Å². The zero-order valence-electron chi connectivity index (χ0n) is 13.6. The van der Waals surface area contributed by atoms with Crippen LogP contribution >= 0.6 is 0 Å². The molecule has 1 N–H and O–H groups in total. The molecule has 0 aromatic heterocycles. The highest BCUT2D eigenvalue weighted by molar-refractivity contribution is 6.19. The fourth-order valence-electron chi connectivity index (χ4n) is 3.38. The first-order valence-corrected chi connectivity index (χ1v) is 8.42. The molecule has 1 heterocycles. The molecule has 2 nitrogen and oxygen atoms in total. The van der Waals surface area contributed by atoms with E-state index in [1.54, 1.807) is 0 Å². The van der Waals surface area contributed by atoms with Crippen molar-refractivity contribution >= 4 is 28.0 Å². The quantitative estimate of drug-likeness (QED) is 0.480. The van der Waals surface area contributed by atoms with Crippen molar-refractivity contribution in [2.75, 3.05) is 5.32 Å². The van der Waals surface area contributed by atoms with Crippen molar-refractivity contribution in [3.05, 3.63) is 96.6 Å². The second kappa shape index (κ2) is 5.60. The molecule has 1 aliphatic rings. The first-order chi connectivity index (χ1) is 12.4. The van der Waals surface area contributed by atoms with Crippen LogP contribution in [0.3, 0.4) is 0 Å². The molecule has 0 spiro atoms. The van der Waals surface area contributed by atoms with E-state index in [4.69, 9.17) is 4.99 Å². The lowest BCUT2D eigenvalue weighted by molar-refractivity contribution is 1.46. The second-order valence-corrected chi connectivity index (χ2v) is 6.21. The molecule has 4 aromatic carbocycles. The topological polar surface area (TPSA) is 24.4 Å². The molecule has 0 atom stereocenters. The van der Waals surface area contributed by atoms with Gasteiger partial charge in [0.25, 0.3) is 0 Å². The van der Waals surface area contributed by atoms with Crippen molar-refractivity contribution < 1.29 is 0 Å². The van der Waals surface area contributed by atoms with Crippen LogP contribution in [0.2, 0.25) is 0 Å². The highest BCUT2D eigenvalue weighted by atomic mass is 15.0. The summed E-state index contributed by atoms with van der Waals surface area (Å²) in [6.07, 6.45) is 0. The maximum Gasteiger partial charge on any atom is 0.138 e. The van der Waals surface area contributed by atoms with E-state index < -0.39 is 0 Å². The molecule has 4 aromatic rings. The Kier molecular flexibility index (Phi) is 3.14. The Balaban J connectivity index is 1.56. The van der Waals surface area contributed by atoms with Crippen LogP contribution in [0.25, 0.3) is 21.9 Å². The second-order valence-electron chi connectivity index (χ2n) is 6.21. The molecular weight excluding hydrogens is 304 g/mol. The fraction of sp³-hybridized carbons (Fsp3) is 0.